The lowest BCUT2D eigenvalue weighted by atomic mass is 10.0. The molecule has 0 radical (unpaired) electrons. The van der Waals surface area contributed by atoms with Crippen molar-refractivity contribution in [2.75, 3.05) is 6.61 Å². The second-order valence-corrected chi connectivity index (χ2v) is 4.99. The van der Waals surface area contributed by atoms with E-state index in [-0.39, 0.29) is 36.2 Å². The fraction of sp³-hybridized carbons (Fsp3) is 0.429. The quantitative estimate of drug-likeness (QED) is 0.714. The van der Waals surface area contributed by atoms with Gasteiger partial charge < -0.3 is 15.3 Å². The molecule has 0 amide bonds. The molecule has 2 aliphatic rings. The summed E-state index contributed by atoms with van der Waals surface area (Å²) in [5.74, 6) is 0.684. The summed E-state index contributed by atoms with van der Waals surface area (Å²) in [6.45, 7) is 3.69. The molecule has 1 aromatic rings. The van der Waals surface area contributed by atoms with Crippen LogP contribution in [-0.4, -0.2) is 26.5 Å². The smallest absolute Gasteiger partial charge is 0.198 e. The van der Waals surface area contributed by atoms with Gasteiger partial charge in [0, 0.05) is 29.6 Å². The van der Waals surface area contributed by atoms with E-state index in [1.165, 1.54) is 4.57 Å². The van der Waals surface area contributed by atoms with Gasteiger partial charge in [-0.2, -0.15) is 0 Å². The van der Waals surface area contributed by atoms with Crippen LogP contribution >= 0.6 is 0 Å². The average molecular weight is 247 g/mol. The van der Waals surface area contributed by atoms with Crippen LogP contribution < -0.4 is 0 Å². The van der Waals surface area contributed by atoms with Crippen molar-refractivity contribution in [1.82, 2.24) is 4.57 Å². The van der Waals surface area contributed by atoms with Gasteiger partial charge in [-0.3, -0.25) is 4.57 Å². The summed E-state index contributed by atoms with van der Waals surface area (Å²) in [7, 11) is 0. The lowest BCUT2D eigenvalue weighted by molar-refractivity contribution is 0.256. The molecule has 0 aliphatic heterocycles. The van der Waals surface area contributed by atoms with Gasteiger partial charge in [0.25, 0.3) is 0 Å². The van der Waals surface area contributed by atoms with Gasteiger partial charge in [0.1, 0.15) is 0 Å². The minimum atomic E-state index is -0.278. The highest BCUT2D eigenvalue weighted by molar-refractivity contribution is 5.59. The van der Waals surface area contributed by atoms with Crippen LogP contribution in [0.5, 0.6) is 11.8 Å². The standard InChI is InChI=1S/C14H17NO3/c1-2-10(5-6-16)15-13(17)11-8-3-4-9(7-8)12(11)14(15)18/h2-4,8-10,16-18H,1,5-7H2. The van der Waals surface area contributed by atoms with E-state index in [0.717, 1.165) is 17.5 Å². The first-order chi connectivity index (χ1) is 8.69. The number of aliphatic hydroxyl groups excluding tert-OH is 1. The van der Waals surface area contributed by atoms with E-state index in [9.17, 15) is 10.2 Å². The fourth-order valence-corrected chi connectivity index (χ4v) is 3.26. The Hall–Kier alpha value is -1.68. The highest BCUT2D eigenvalue weighted by Crippen LogP contribution is 2.57. The van der Waals surface area contributed by atoms with Gasteiger partial charge in [-0.15, -0.1) is 6.58 Å². The largest absolute Gasteiger partial charge is 0.494 e. The SMILES string of the molecule is C=CC(CCO)n1c(O)c2c(c1O)C1C=CC2C1. The Bertz CT molecular complexity index is 494. The zero-order chi connectivity index (χ0) is 12.9. The number of nitrogens with zero attached hydrogens (tertiary/aromatic N) is 1. The number of aromatic hydroxyl groups is 2. The Morgan fingerprint density at radius 1 is 1.28 bits per heavy atom. The van der Waals surface area contributed by atoms with Gasteiger partial charge in [-0.1, -0.05) is 18.2 Å². The number of hydrogen-bond acceptors (Lipinski definition) is 3. The van der Waals surface area contributed by atoms with Crippen molar-refractivity contribution in [3.8, 4) is 11.8 Å². The first kappa shape index (κ1) is 11.4. The van der Waals surface area contributed by atoms with Crippen LogP contribution in [0.2, 0.25) is 0 Å². The van der Waals surface area contributed by atoms with Crippen LogP contribution in [0.1, 0.15) is 41.8 Å². The molecule has 1 aromatic heterocycles. The van der Waals surface area contributed by atoms with Gasteiger partial charge >= 0.3 is 0 Å². The van der Waals surface area contributed by atoms with Gasteiger partial charge in [0.15, 0.2) is 11.8 Å². The maximum atomic E-state index is 10.3. The van der Waals surface area contributed by atoms with Crippen molar-refractivity contribution in [3.05, 3.63) is 35.9 Å². The molecule has 4 heteroatoms. The molecule has 0 saturated carbocycles. The molecule has 96 valence electrons. The van der Waals surface area contributed by atoms with Crippen molar-refractivity contribution in [1.29, 1.82) is 0 Å². The Morgan fingerprint density at radius 3 is 2.28 bits per heavy atom. The highest BCUT2D eigenvalue weighted by atomic mass is 16.3. The number of hydrogen-bond donors (Lipinski definition) is 3. The predicted octanol–water partition coefficient (Wildman–Crippen LogP) is 2.15. The molecule has 3 unspecified atom stereocenters. The summed E-state index contributed by atoms with van der Waals surface area (Å²) < 4.78 is 1.49. The van der Waals surface area contributed by atoms with E-state index < -0.39 is 0 Å². The van der Waals surface area contributed by atoms with E-state index in [1.54, 1.807) is 6.08 Å². The molecule has 2 bridgehead atoms. The van der Waals surface area contributed by atoms with Crippen molar-refractivity contribution >= 4 is 0 Å². The molecule has 4 nitrogen and oxygen atoms in total. The van der Waals surface area contributed by atoms with E-state index in [1.807, 2.05) is 0 Å². The second-order valence-electron chi connectivity index (χ2n) is 4.99. The summed E-state index contributed by atoms with van der Waals surface area (Å²) in [6.07, 6.45) is 7.20. The van der Waals surface area contributed by atoms with Crippen LogP contribution in [-0.2, 0) is 0 Å². The molecule has 0 fully saturated rings. The molecule has 3 N–H and O–H groups in total. The molecule has 0 saturated heterocycles. The van der Waals surface area contributed by atoms with E-state index >= 15 is 0 Å². The zero-order valence-corrected chi connectivity index (χ0v) is 10.1. The van der Waals surface area contributed by atoms with E-state index in [0.29, 0.717) is 6.42 Å². The Kier molecular flexibility index (Phi) is 2.48. The molecule has 18 heavy (non-hydrogen) atoms. The van der Waals surface area contributed by atoms with Crippen molar-refractivity contribution in [2.45, 2.75) is 30.7 Å². The maximum absolute atomic E-state index is 10.3. The third-order valence-corrected chi connectivity index (χ3v) is 4.08. The lowest BCUT2D eigenvalue weighted by Gasteiger charge is -2.17. The topological polar surface area (TPSA) is 65.6 Å². The van der Waals surface area contributed by atoms with Crippen LogP contribution in [0.4, 0.5) is 0 Å². The molecule has 1 heterocycles. The minimum Gasteiger partial charge on any atom is -0.494 e. The average Bonchev–Trinajstić information content (AvgIpc) is 3.02. The third kappa shape index (κ3) is 1.29. The summed E-state index contributed by atoms with van der Waals surface area (Å²) in [5.41, 5.74) is 1.70. The molecule has 2 aliphatic carbocycles. The maximum Gasteiger partial charge on any atom is 0.198 e. The minimum absolute atomic E-state index is 0.0104. The Balaban J connectivity index is 2.11. The number of aromatic nitrogens is 1. The number of allylic oxidation sites excluding steroid dienone is 3. The third-order valence-electron chi connectivity index (χ3n) is 4.08. The Morgan fingerprint density at radius 2 is 1.83 bits per heavy atom. The lowest BCUT2D eigenvalue weighted by Crippen LogP contribution is -2.08. The first-order valence-electron chi connectivity index (χ1n) is 6.26. The van der Waals surface area contributed by atoms with Crippen molar-refractivity contribution in [3.63, 3.8) is 0 Å². The first-order valence-corrected chi connectivity index (χ1v) is 6.26. The van der Waals surface area contributed by atoms with Crippen LogP contribution in [0.25, 0.3) is 0 Å². The van der Waals surface area contributed by atoms with Crippen molar-refractivity contribution < 1.29 is 15.3 Å². The number of fused-ring (bicyclic) bond motifs is 5. The predicted molar refractivity (Wildman–Crippen MR) is 67.9 cm³/mol. The van der Waals surface area contributed by atoms with Crippen LogP contribution in [0, 0.1) is 0 Å². The zero-order valence-electron chi connectivity index (χ0n) is 10.1. The van der Waals surface area contributed by atoms with Gasteiger partial charge in [0.05, 0.1) is 6.04 Å². The molecule has 0 spiro atoms. The summed E-state index contributed by atoms with van der Waals surface area (Å²) in [5, 5.41) is 29.7. The monoisotopic (exact) mass is 247 g/mol. The summed E-state index contributed by atoms with van der Waals surface area (Å²) >= 11 is 0. The number of rotatable bonds is 4. The second kappa shape index (κ2) is 3.92. The molecule has 3 rings (SSSR count). The normalized spacial score (nSPS) is 25.4. The summed E-state index contributed by atoms with van der Waals surface area (Å²) in [6, 6.07) is -0.278. The molecular formula is C14H17NO3. The van der Waals surface area contributed by atoms with Gasteiger partial charge in [-0.05, 0) is 12.8 Å². The molecule has 3 atom stereocenters. The van der Waals surface area contributed by atoms with E-state index in [2.05, 4.69) is 18.7 Å². The fourth-order valence-electron chi connectivity index (χ4n) is 3.26. The van der Waals surface area contributed by atoms with Crippen LogP contribution in [0.3, 0.4) is 0 Å². The molecule has 0 aromatic carbocycles. The van der Waals surface area contributed by atoms with E-state index in [4.69, 9.17) is 5.11 Å². The van der Waals surface area contributed by atoms with Crippen molar-refractivity contribution in [2.24, 2.45) is 0 Å². The van der Waals surface area contributed by atoms with Gasteiger partial charge in [0.2, 0.25) is 0 Å². The van der Waals surface area contributed by atoms with Gasteiger partial charge in [-0.25, -0.2) is 0 Å². The molecular weight excluding hydrogens is 230 g/mol. The summed E-state index contributed by atoms with van der Waals surface area (Å²) in [4.78, 5) is 0. The Labute approximate surface area is 105 Å². The van der Waals surface area contributed by atoms with Crippen LogP contribution in [0.15, 0.2) is 24.8 Å². The number of aliphatic hydroxyl groups is 1. The highest BCUT2D eigenvalue weighted by Gasteiger charge is 2.41.